The number of ether oxygens (including phenoxy) is 4. The topological polar surface area (TPSA) is 80.3 Å². The molecule has 2 rings (SSSR count). The highest BCUT2D eigenvalue weighted by Gasteiger charge is 2.60. The Hall–Kier alpha value is -0.580. The maximum Gasteiger partial charge on any atom is 0.306 e. The van der Waals surface area contributed by atoms with Crippen LogP contribution in [0.25, 0.3) is 0 Å². The van der Waals surface area contributed by atoms with Crippen molar-refractivity contribution in [2.24, 2.45) is 22.7 Å². The van der Waals surface area contributed by atoms with Gasteiger partial charge in [-0.2, -0.15) is 0 Å². The summed E-state index contributed by atoms with van der Waals surface area (Å²) in [5, 5.41) is -0.477. The zero-order chi connectivity index (χ0) is 33.7. The molecule has 7 nitrogen and oxygen atoms in total. The maximum atomic E-state index is 12.8. The van der Waals surface area contributed by atoms with Crippen molar-refractivity contribution in [3.8, 4) is 0 Å². The lowest BCUT2D eigenvalue weighted by Gasteiger charge is -2.55. The lowest BCUT2D eigenvalue weighted by atomic mass is 9.72. The van der Waals surface area contributed by atoms with E-state index >= 15 is 0 Å². The third-order valence-corrected chi connectivity index (χ3v) is 19.7. The van der Waals surface area contributed by atoms with Crippen LogP contribution in [0.15, 0.2) is 0 Å². The molecule has 2 aliphatic rings. The Bertz CT molecular complexity index is 1120. The van der Waals surface area contributed by atoms with Gasteiger partial charge in [-0.1, -0.05) is 75.5 Å². The second-order valence-electron chi connectivity index (χ2n) is 16.2. The molecule has 0 aliphatic carbocycles. The molecule has 0 bridgehead atoms. The Labute approximate surface area is 263 Å². The Balaban J connectivity index is 2.43. The first-order chi connectivity index (χ1) is 19.2. The minimum atomic E-state index is -2.38. The summed E-state index contributed by atoms with van der Waals surface area (Å²) in [7, 11) is -1.07. The summed E-state index contributed by atoms with van der Waals surface area (Å²) >= 11 is 0. The van der Waals surface area contributed by atoms with E-state index in [0.29, 0.717) is 0 Å². The molecule has 0 spiro atoms. The Morgan fingerprint density at radius 1 is 0.698 bits per heavy atom. The average molecular weight is 647 g/mol. The predicted molar refractivity (Wildman–Crippen MR) is 185 cm³/mol. The summed E-state index contributed by atoms with van der Waals surface area (Å²) in [6.45, 7) is 31.8. The van der Waals surface area contributed by atoms with Crippen molar-refractivity contribution in [1.82, 2.24) is 0 Å². The molecule has 2 heterocycles. The van der Waals surface area contributed by atoms with Crippen molar-refractivity contribution in [3.63, 3.8) is 0 Å². The number of methoxy groups -OCH3 is 1. The number of carbonyl (C=O) groups excluding carboxylic acids is 2. The van der Waals surface area contributed by atoms with Crippen LogP contribution in [-0.4, -0.2) is 98.6 Å². The van der Waals surface area contributed by atoms with Gasteiger partial charge in [-0.15, -0.1) is 13.2 Å². The average Bonchev–Trinajstić information content (AvgIpc) is 3.31. The molecule has 0 N–H and O–H groups in total. The molecule has 0 aromatic carbocycles. The van der Waals surface area contributed by atoms with Crippen LogP contribution >= 0.6 is 14.0 Å². The van der Waals surface area contributed by atoms with Gasteiger partial charge < -0.3 is 23.5 Å². The van der Waals surface area contributed by atoms with E-state index in [4.69, 9.17) is 29.8 Å². The van der Waals surface area contributed by atoms with Gasteiger partial charge >= 0.3 is 11.9 Å². The second kappa shape index (κ2) is 12.9. The SMILES string of the molecule is C=P(C)(C)C(C)(C)C(C)(C)C1O[C@@H](C)[C@H](C)[C@@H]1OP(=C)(C)C(C)(C)C(C)(C)C1O[C@@H](C)[C@H](C)[C@@H]1OC(=O)CCC(=O)OC. The molecule has 0 radical (unpaired) electrons. The summed E-state index contributed by atoms with van der Waals surface area (Å²) in [5.41, 5.74) is -0.679. The largest absolute Gasteiger partial charge is 0.469 e. The van der Waals surface area contributed by atoms with Crippen molar-refractivity contribution in [1.29, 1.82) is 0 Å². The van der Waals surface area contributed by atoms with E-state index in [1.807, 2.05) is 6.92 Å². The first-order valence-electron chi connectivity index (χ1n) is 15.8. The highest BCUT2D eigenvalue weighted by Crippen LogP contribution is 2.68. The number of hydrogen-bond donors (Lipinski definition) is 0. The molecular weight excluding hydrogens is 582 g/mol. The summed E-state index contributed by atoms with van der Waals surface area (Å²) in [6.07, 6.45) is 8.31. The molecule has 43 heavy (non-hydrogen) atoms. The Morgan fingerprint density at radius 3 is 1.53 bits per heavy atom. The van der Waals surface area contributed by atoms with Gasteiger partial charge in [0.25, 0.3) is 0 Å². The Kier molecular flexibility index (Phi) is 11.6. The van der Waals surface area contributed by atoms with Gasteiger partial charge in [0.1, 0.15) is 12.2 Å². The maximum absolute atomic E-state index is 12.8. The first kappa shape index (κ1) is 38.6. The number of esters is 2. The second-order valence-corrected chi connectivity index (χ2v) is 24.2. The van der Waals surface area contributed by atoms with Crippen LogP contribution in [0, 0.1) is 22.7 Å². The van der Waals surface area contributed by atoms with Gasteiger partial charge in [0.05, 0.1) is 44.4 Å². The van der Waals surface area contributed by atoms with Crippen molar-refractivity contribution < 1.29 is 33.1 Å². The summed E-state index contributed by atoms with van der Waals surface area (Å²) < 4.78 is 31.4. The van der Waals surface area contributed by atoms with Gasteiger partial charge in [0.15, 0.2) is 0 Å². The van der Waals surface area contributed by atoms with E-state index in [1.54, 1.807) is 0 Å². The van der Waals surface area contributed by atoms with Gasteiger partial charge in [-0.05, 0) is 39.0 Å². The van der Waals surface area contributed by atoms with Crippen LogP contribution in [0.4, 0.5) is 0 Å². The number of carbonyl (C=O) groups is 2. The lowest BCUT2D eigenvalue weighted by molar-refractivity contribution is -0.160. The fourth-order valence-electron chi connectivity index (χ4n) is 6.44. The minimum Gasteiger partial charge on any atom is -0.469 e. The number of rotatable bonds is 12. The van der Waals surface area contributed by atoms with Crippen molar-refractivity contribution in [2.45, 2.75) is 143 Å². The Morgan fingerprint density at radius 2 is 1.09 bits per heavy atom. The van der Waals surface area contributed by atoms with Gasteiger partial charge in [0.2, 0.25) is 0 Å². The van der Waals surface area contributed by atoms with Crippen molar-refractivity contribution in [2.75, 3.05) is 27.1 Å². The van der Waals surface area contributed by atoms with Crippen LogP contribution in [0.3, 0.4) is 0 Å². The highest BCUT2D eigenvalue weighted by molar-refractivity contribution is 7.73. The first-order valence-corrected chi connectivity index (χ1v) is 21.0. The molecule has 3 unspecified atom stereocenters. The minimum absolute atomic E-state index is 0.00955. The third-order valence-electron chi connectivity index (χ3n) is 12.5. The van der Waals surface area contributed by atoms with E-state index in [-0.39, 0.29) is 65.8 Å². The van der Waals surface area contributed by atoms with Crippen LogP contribution in [0.5, 0.6) is 0 Å². The van der Waals surface area contributed by atoms with E-state index < -0.39 is 42.6 Å². The van der Waals surface area contributed by atoms with Crippen molar-refractivity contribution in [3.05, 3.63) is 0 Å². The molecular formula is C34H64O7P2. The van der Waals surface area contributed by atoms with Crippen LogP contribution in [-0.2, 0) is 33.1 Å². The predicted octanol–water partition coefficient (Wildman–Crippen LogP) is 7.40. The molecule has 0 saturated carbocycles. The van der Waals surface area contributed by atoms with Crippen LogP contribution in [0.1, 0.15) is 95.9 Å². The highest BCUT2D eigenvalue weighted by atomic mass is 31.2. The molecule has 0 aromatic heterocycles. The third kappa shape index (κ3) is 7.07. The van der Waals surface area contributed by atoms with Crippen LogP contribution < -0.4 is 0 Å². The van der Waals surface area contributed by atoms with E-state index in [0.717, 1.165) is 0 Å². The zero-order valence-corrected chi connectivity index (χ0v) is 32.0. The molecule has 2 fully saturated rings. The standard InChI is InChI=1S/C34H64O7P2/c1-21-23(3)38-29(27(21)40-26(36)20-19-25(35)37-13)32(7,8)34(11,12)43(17,18)41-28-22(2)24(4)39-30(28)31(5,6)33(9,10)42(14,15)16/h21-24,27-30H,14,17,19-20H2,1-13,15-16,18H3/t21-,22-,23-,24-,27-,28-,29?,30?,43?/m0/s1. The fraction of sp³-hybridized carbons (Fsp3) is 0.882. The van der Waals surface area contributed by atoms with E-state index in [9.17, 15) is 9.59 Å². The van der Waals surface area contributed by atoms with Crippen LogP contribution in [0.2, 0.25) is 0 Å². The molecule has 9 atom stereocenters. The molecule has 9 heteroatoms. The van der Waals surface area contributed by atoms with Gasteiger partial charge in [0, 0.05) is 34.9 Å². The molecule has 2 aliphatic heterocycles. The molecule has 0 aromatic rings. The lowest BCUT2D eigenvalue weighted by Crippen LogP contribution is -2.54. The summed E-state index contributed by atoms with van der Waals surface area (Å²) in [4.78, 5) is 24.5. The summed E-state index contributed by atoms with van der Waals surface area (Å²) in [6, 6.07) is 0. The quantitative estimate of drug-likeness (QED) is 0.162. The smallest absolute Gasteiger partial charge is 0.306 e. The molecule has 2 saturated heterocycles. The number of hydrogen-bond acceptors (Lipinski definition) is 7. The molecule has 252 valence electrons. The summed E-state index contributed by atoms with van der Waals surface area (Å²) in [5.74, 6) is -0.670. The zero-order valence-electron chi connectivity index (χ0n) is 30.2. The van der Waals surface area contributed by atoms with Gasteiger partial charge in [-0.3, -0.25) is 9.59 Å². The normalized spacial score (nSPS) is 32.4. The monoisotopic (exact) mass is 646 g/mol. The van der Waals surface area contributed by atoms with E-state index in [2.05, 4.69) is 102 Å². The fourth-order valence-corrected chi connectivity index (χ4v) is 10.6. The van der Waals surface area contributed by atoms with E-state index in [1.165, 1.54) is 7.11 Å². The molecule has 0 amide bonds. The van der Waals surface area contributed by atoms with Crippen molar-refractivity contribution >= 4 is 38.5 Å². The van der Waals surface area contributed by atoms with Gasteiger partial charge in [-0.25, -0.2) is 0 Å².